The van der Waals surface area contributed by atoms with Gasteiger partial charge in [-0.25, -0.2) is 9.78 Å². The van der Waals surface area contributed by atoms with Crippen LogP contribution in [0.15, 0.2) is 18.3 Å². The Hall–Kier alpha value is -2.35. The minimum Gasteiger partial charge on any atom is -0.375 e. The minimum absolute atomic E-state index is 0.198. The molecular formula is C15H23N5O3. The highest BCUT2D eigenvalue weighted by atomic mass is 16.5. The highest BCUT2D eigenvalue weighted by Crippen LogP contribution is 2.15. The van der Waals surface area contributed by atoms with E-state index in [0.29, 0.717) is 13.2 Å². The molecule has 0 aliphatic carbocycles. The number of aromatic nitrogens is 1. The Labute approximate surface area is 135 Å². The van der Waals surface area contributed by atoms with E-state index in [1.165, 1.54) is 0 Å². The molecule has 1 aromatic heterocycles. The van der Waals surface area contributed by atoms with Crippen molar-refractivity contribution >= 4 is 17.8 Å². The molecule has 0 bridgehead atoms. The van der Waals surface area contributed by atoms with Crippen molar-refractivity contribution in [3.8, 4) is 0 Å². The first-order chi connectivity index (χ1) is 11.0. The third kappa shape index (κ3) is 5.10. The summed E-state index contributed by atoms with van der Waals surface area (Å²) in [6.45, 7) is 6.29. The first kappa shape index (κ1) is 17.0. The molecule has 1 saturated heterocycles. The monoisotopic (exact) mass is 321 g/mol. The number of ether oxygens (including phenoxy) is 1. The number of pyridine rings is 1. The lowest BCUT2D eigenvalue weighted by atomic mass is 10.2. The summed E-state index contributed by atoms with van der Waals surface area (Å²) in [7, 11) is 0. The maximum atomic E-state index is 11.8. The van der Waals surface area contributed by atoms with Gasteiger partial charge in [0.2, 0.25) is 5.91 Å². The number of carbonyl (C=O) groups is 2. The number of hydrogen-bond donors (Lipinski definition) is 3. The number of carbonyl (C=O) groups excluding carboxylic acids is 2. The Bertz CT molecular complexity index is 549. The smallest absolute Gasteiger partial charge is 0.312 e. The number of hydrogen-bond acceptors (Lipinski definition) is 5. The fraction of sp³-hybridized carbons (Fsp3) is 0.533. The number of anilines is 1. The number of urea groups is 1. The van der Waals surface area contributed by atoms with Gasteiger partial charge in [-0.2, -0.15) is 0 Å². The van der Waals surface area contributed by atoms with Gasteiger partial charge in [-0.3, -0.25) is 4.79 Å². The van der Waals surface area contributed by atoms with Crippen LogP contribution in [-0.2, 0) is 16.1 Å². The predicted octanol–water partition coefficient (Wildman–Crippen LogP) is -0.0203. The van der Waals surface area contributed by atoms with Gasteiger partial charge in [-0.15, -0.1) is 0 Å². The van der Waals surface area contributed by atoms with Gasteiger partial charge in [-0.1, -0.05) is 6.07 Å². The van der Waals surface area contributed by atoms with E-state index < -0.39 is 12.1 Å². The van der Waals surface area contributed by atoms with Crippen LogP contribution >= 0.6 is 0 Å². The van der Waals surface area contributed by atoms with Crippen molar-refractivity contribution in [2.24, 2.45) is 5.73 Å². The van der Waals surface area contributed by atoms with Gasteiger partial charge in [0, 0.05) is 25.8 Å². The molecule has 1 fully saturated rings. The standard InChI is InChI=1S/C15H23N5O3/c1-10-9-20(5-6-23-10)13-4-3-12(7-17-13)8-18-14(21)11(2)19-15(16)22/h3-4,7,10-11H,5-6,8-9H2,1-2H3,(H,18,21)(H3,16,19,22). The predicted molar refractivity (Wildman–Crippen MR) is 85.9 cm³/mol. The van der Waals surface area contributed by atoms with Crippen molar-refractivity contribution in [3.63, 3.8) is 0 Å². The first-order valence-electron chi connectivity index (χ1n) is 7.61. The number of nitrogens with zero attached hydrogens (tertiary/aromatic N) is 2. The zero-order chi connectivity index (χ0) is 16.8. The van der Waals surface area contributed by atoms with Crippen molar-refractivity contribution in [3.05, 3.63) is 23.9 Å². The topological polar surface area (TPSA) is 110 Å². The van der Waals surface area contributed by atoms with Crippen molar-refractivity contribution in [1.82, 2.24) is 15.6 Å². The molecule has 126 valence electrons. The van der Waals surface area contributed by atoms with E-state index in [2.05, 4.69) is 20.5 Å². The third-order valence-electron chi connectivity index (χ3n) is 3.59. The van der Waals surface area contributed by atoms with E-state index in [1.54, 1.807) is 13.1 Å². The zero-order valence-corrected chi connectivity index (χ0v) is 13.4. The van der Waals surface area contributed by atoms with E-state index in [0.717, 1.165) is 24.5 Å². The van der Waals surface area contributed by atoms with Crippen LogP contribution in [0.2, 0.25) is 0 Å². The molecule has 2 heterocycles. The summed E-state index contributed by atoms with van der Waals surface area (Å²) in [5.74, 6) is 0.605. The number of nitrogens with two attached hydrogens (primary N) is 1. The molecule has 2 rings (SSSR count). The van der Waals surface area contributed by atoms with Gasteiger partial charge in [0.15, 0.2) is 0 Å². The summed E-state index contributed by atoms with van der Waals surface area (Å²) < 4.78 is 5.51. The van der Waals surface area contributed by atoms with Gasteiger partial charge >= 0.3 is 6.03 Å². The molecular weight excluding hydrogens is 298 g/mol. The maximum Gasteiger partial charge on any atom is 0.312 e. The Morgan fingerprint density at radius 3 is 2.91 bits per heavy atom. The number of primary amides is 1. The van der Waals surface area contributed by atoms with Gasteiger partial charge in [0.05, 0.1) is 12.7 Å². The van der Waals surface area contributed by atoms with Gasteiger partial charge in [0.25, 0.3) is 0 Å². The molecule has 4 N–H and O–H groups in total. The van der Waals surface area contributed by atoms with Crippen molar-refractivity contribution < 1.29 is 14.3 Å². The highest BCUT2D eigenvalue weighted by molar-refractivity contribution is 5.86. The largest absolute Gasteiger partial charge is 0.375 e. The Morgan fingerprint density at radius 1 is 1.52 bits per heavy atom. The van der Waals surface area contributed by atoms with Crippen molar-refractivity contribution in [1.29, 1.82) is 0 Å². The summed E-state index contributed by atoms with van der Waals surface area (Å²) >= 11 is 0. The average molecular weight is 321 g/mol. The first-order valence-corrected chi connectivity index (χ1v) is 7.61. The highest BCUT2D eigenvalue weighted by Gasteiger charge is 2.18. The molecule has 0 spiro atoms. The summed E-state index contributed by atoms with van der Waals surface area (Å²) in [5.41, 5.74) is 5.87. The van der Waals surface area contributed by atoms with Crippen LogP contribution < -0.4 is 21.3 Å². The van der Waals surface area contributed by atoms with Gasteiger partial charge < -0.3 is 26.0 Å². The number of nitrogens with one attached hydrogen (secondary N) is 2. The van der Waals surface area contributed by atoms with Crippen LogP contribution in [0.1, 0.15) is 19.4 Å². The molecule has 1 aromatic rings. The molecule has 0 saturated carbocycles. The average Bonchev–Trinajstić information content (AvgIpc) is 2.52. The van der Waals surface area contributed by atoms with Crippen LogP contribution in [0.5, 0.6) is 0 Å². The van der Waals surface area contributed by atoms with Crippen LogP contribution in [0.3, 0.4) is 0 Å². The summed E-state index contributed by atoms with van der Waals surface area (Å²) in [4.78, 5) is 29.1. The molecule has 0 radical (unpaired) electrons. The van der Waals surface area contributed by atoms with E-state index in [1.807, 2.05) is 19.1 Å². The molecule has 8 nitrogen and oxygen atoms in total. The lowest BCUT2D eigenvalue weighted by Crippen LogP contribution is -2.46. The van der Waals surface area contributed by atoms with Crippen molar-refractivity contribution in [2.45, 2.75) is 32.5 Å². The van der Waals surface area contributed by atoms with E-state index >= 15 is 0 Å². The number of amides is 3. The molecule has 2 atom stereocenters. The number of rotatable bonds is 5. The van der Waals surface area contributed by atoms with Crippen LogP contribution in [0.4, 0.5) is 10.6 Å². The van der Waals surface area contributed by atoms with E-state index in [9.17, 15) is 9.59 Å². The SMILES string of the molecule is CC1CN(c2ccc(CNC(=O)C(C)NC(N)=O)cn2)CCO1. The Morgan fingerprint density at radius 2 is 2.30 bits per heavy atom. The second-order valence-corrected chi connectivity index (χ2v) is 5.60. The fourth-order valence-electron chi connectivity index (χ4n) is 2.36. The minimum atomic E-state index is -0.724. The lowest BCUT2D eigenvalue weighted by Gasteiger charge is -2.32. The summed E-state index contributed by atoms with van der Waals surface area (Å²) in [6.07, 6.45) is 1.94. The second-order valence-electron chi connectivity index (χ2n) is 5.60. The Kier molecular flexibility index (Phi) is 5.75. The second kappa shape index (κ2) is 7.77. The quantitative estimate of drug-likeness (QED) is 0.706. The summed E-state index contributed by atoms with van der Waals surface area (Å²) in [6, 6.07) is 2.47. The van der Waals surface area contributed by atoms with Gasteiger partial charge in [-0.05, 0) is 25.5 Å². The molecule has 8 heteroatoms. The van der Waals surface area contributed by atoms with Gasteiger partial charge in [0.1, 0.15) is 11.9 Å². The van der Waals surface area contributed by atoms with Crippen LogP contribution in [-0.4, -0.2) is 48.8 Å². The zero-order valence-electron chi connectivity index (χ0n) is 13.4. The molecule has 1 aliphatic rings. The lowest BCUT2D eigenvalue weighted by molar-refractivity contribution is -0.122. The molecule has 2 unspecified atom stereocenters. The molecule has 3 amide bonds. The number of morpholine rings is 1. The molecule has 23 heavy (non-hydrogen) atoms. The molecule has 0 aromatic carbocycles. The normalized spacial score (nSPS) is 19.0. The van der Waals surface area contributed by atoms with E-state index in [-0.39, 0.29) is 12.0 Å². The Balaban J connectivity index is 1.85. The van der Waals surface area contributed by atoms with Crippen molar-refractivity contribution in [2.75, 3.05) is 24.6 Å². The van der Waals surface area contributed by atoms with Crippen LogP contribution in [0.25, 0.3) is 0 Å². The maximum absolute atomic E-state index is 11.8. The van der Waals surface area contributed by atoms with Crippen LogP contribution in [0, 0.1) is 0 Å². The molecule has 1 aliphatic heterocycles. The summed E-state index contributed by atoms with van der Waals surface area (Å²) in [5, 5.41) is 5.06. The third-order valence-corrected chi connectivity index (χ3v) is 3.59. The van der Waals surface area contributed by atoms with E-state index in [4.69, 9.17) is 10.5 Å². The fourth-order valence-corrected chi connectivity index (χ4v) is 2.36.